The molecule has 8 heteroatoms. The van der Waals surface area contributed by atoms with Crippen molar-refractivity contribution >= 4 is 26.6 Å². The summed E-state index contributed by atoms with van der Waals surface area (Å²) in [5.74, 6) is 0. The maximum Gasteiger partial charge on any atom is 0.437 e. The molecule has 134 valence electrons. The van der Waals surface area contributed by atoms with Crippen molar-refractivity contribution in [3.8, 4) is 0 Å². The van der Waals surface area contributed by atoms with Crippen LogP contribution in [0.25, 0.3) is 10.8 Å². The first-order chi connectivity index (χ1) is 12.3. The Morgan fingerprint density at radius 1 is 0.846 bits per heavy atom. The fraction of sp³-hybridized carbons (Fsp3) is 0.0556. The Labute approximate surface area is 147 Å². The molecule has 4 nitrogen and oxygen atoms in total. The molecule has 3 rings (SSSR count). The molecule has 0 bridgehead atoms. The summed E-state index contributed by atoms with van der Waals surface area (Å²) in [6.45, 7) is 0. The van der Waals surface area contributed by atoms with Gasteiger partial charge >= 0.3 is 16.3 Å². The van der Waals surface area contributed by atoms with Gasteiger partial charge in [-0.15, -0.1) is 0 Å². The molecule has 0 aliphatic carbocycles. The third kappa shape index (κ3) is 3.70. The molecule has 0 N–H and O–H groups in total. The van der Waals surface area contributed by atoms with Gasteiger partial charge in [0.25, 0.3) is 0 Å². The van der Waals surface area contributed by atoms with Gasteiger partial charge in [-0.3, -0.25) is 4.28 Å². The fourth-order valence-electron chi connectivity index (χ4n) is 2.40. The summed E-state index contributed by atoms with van der Waals surface area (Å²) in [5, 5.41) is 3.87. The van der Waals surface area contributed by atoms with E-state index in [1.165, 1.54) is 48.5 Å². The number of rotatable bonds is 4. The number of oxime groups is 1. The van der Waals surface area contributed by atoms with Crippen LogP contribution in [0.2, 0.25) is 0 Å². The highest BCUT2D eigenvalue weighted by Gasteiger charge is 2.38. The number of halogens is 3. The zero-order valence-corrected chi connectivity index (χ0v) is 14.0. The molecule has 3 aromatic carbocycles. The number of hydrogen-bond acceptors (Lipinski definition) is 4. The number of fused-ring (bicyclic) bond motifs is 1. The van der Waals surface area contributed by atoms with Gasteiger partial charge in [0.05, 0.1) is 0 Å². The zero-order chi connectivity index (χ0) is 18.8. The Morgan fingerprint density at radius 2 is 1.46 bits per heavy atom. The molecule has 0 spiro atoms. The largest absolute Gasteiger partial charge is 0.437 e. The van der Waals surface area contributed by atoms with Gasteiger partial charge in [-0.2, -0.15) is 21.6 Å². The van der Waals surface area contributed by atoms with Crippen molar-refractivity contribution in [3.63, 3.8) is 0 Å². The number of benzene rings is 3. The van der Waals surface area contributed by atoms with E-state index in [0.29, 0.717) is 10.8 Å². The molecule has 0 amide bonds. The van der Waals surface area contributed by atoms with Gasteiger partial charge in [0, 0.05) is 10.9 Å². The maximum atomic E-state index is 13.2. The number of hydrogen-bond donors (Lipinski definition) is 0. The van der Waals surface area contributed by atoms with Crippen molar-refractivity contribution in [2.24, 2.45) is 5.16 Å². The Hall–Kier alpha value is -2.87. The minimum Gasteiger partial charge on any atom is -0.264 e. The van der Waals surface area contributed by atoms with Crippen molar-refractivity contribution in [3.05, 3.63) is 78.4 Å². The van der Waals surface area contributed by atoms with Crippen molar-refractivity contribution in [2.75, 3.05) is 0 Å². The van der Waals surface area contributed by atoms with E-state index >= 15 is 0 Å². The molecule has 0 heterocycles. The lowest BCUT2D eigenvalue weighted by Crippen LogP contribution is -2.25. The summed E-state index contributed by atoms with van der Waals surface area (Å²) in [6, 6.07) is 17.6. The SMILES string of the molecule is O=S(=O)(ON=C(c1ccccc1)C(F)(F)F)c1cccc2ccccc12. The standard InChI is InChI=1S/C18H12F3NO3S/c19-18(20,21)17(14-8-2-1-3-9-14)22-25-26(23,24)16-12-6-10-13-7-4-5-11-15(13)16/h1-12H. The Kier molecular flexibility index (Phi) is 4.69. The first-order valence-electron chi connectivity index (χ1n) is 7.41. The molecule has 0 aliphatic rings. The Morgan fingerprint density at radius 3 is 2.15 bits per heavy atom. The van der Waals surface area contributed by atoms with Crippen LogP contribution >= 0.6 is 0 Å². The first kappa shape index (κ1) is 17.9. The lowest BCUT2D eigenvalue weighted by Gasteiger charge is -2.11. The lowest BCUT2D eigenvalue weighted by atomic mass is 10.1. The lowest BCUT2D eigenvalue weighted by molar-refractivity contribution is -0.0596. The molecule has 0 saturated carbocycles. The quantitative estimate of drug-likeness (QED) is 0.495. The predicted octanol–water partition coefficient (Wildman–Crippen LogP) is 4.51. The summed E-state index contributed by atoms with van der Waals surface area (Å²) >= 11 is 0. The minimum atomic E-state index is -4.88. The van der Waals surface area contributed by atoms with E-state index in [0.717, 1.165) is 0 Å². The van der Waals surface area contributed by atoms with Crippen LogP contribution in [0, 0.1) is 0 Å². The van der Waals surface area contributed by atoms with Gasteiger partial charge in [-0.25, -0.2) is 0 Å². The predicted molar refractivity (Wildman–Crippen MR) is 91.3 cm³/mol. The second-order valence-corrected chi connectivity index (χ2v) is 6.81. The second-order valence-electron chi connectivity index (χ2n) is 5.31. The third-order valence-corrected chi connectivity index (χ3v) is 4.73. The van der Waals surface area contributed by atoms with Crippen molar-refractivity contribution < 1.29 is 25.9 Å². The van der Waals surface area contributed by atoms with Gasteiger partial charge < -0.3 is 0 Å². The van der Waals surface area contributed by atoms with Gasteiger partial charge in [-0.1, -0.05) is 71.9 Å². The second kappa shape index (κ2) is 6.80. The molecule has 0 aliphatic heterocycles. The van der Waals surface area contributed by atoms with Crippen LogP contribution in [0.1, 0.15) is 5.56 Å². The summed E-state index contributed by atoms with van der Waals surface area (Å²) in [5.41, 5.74) is -1.73. The summed E-state index contributed by atoms with van der Waals surface area (Å²) in [7, 11) is -4.54. The maximum absolute atomic E-state index is 13.2. The molecular weight excluding hydrogens is 367 g/mol. The molecule has 0 saturated heterocycles. The minimum absolute atomic E-state index is 0.256. The van der Waals surface area contributed by atoms with Gasteiger partial charge in [0.1, 0.15) is 4.90 Å². The zero-order valence-electron chi connectivity index (χ0n) is 13.1. The molecule has 0 unspecified atom stereocenters. The van der Waals surface area contributed by atoms with Crippen LogP contribution in [0.15, 0.2) is 82.8 Å². The monoisotopic (exact) mass is 379 g/mol. The fourth-order valence-corrected chi connectivity index (χ4v) is 3.36. The third-order valence-electron chi connectivity index (χ3n) is 3.56. The van der Waals surface area contributed by atoms with Crippen molar-refractivity contribution in [1.29, 1.82) is 0 Å². The van der Waals surface area contributed by atoms with Crippen molar-refractivity contribution in [1.82, 2.24) is 0 Å². The van der Waals surface area contributed by atoms with E-state index in [9.17, 15) is 21.6 Å². The van der Waals surface area contributed by atoms with Crippen LogP contribution < -0.4 is 0 Å². The molecule has 0 fully saturated rings. The van der Waals surface area contributed by atoms with E-state index < -0.39 is 22.0 Å². The molecule has 3 aromatic rings. The molecule has 0 atom stereocenters. The van der Waals surface area contributed by atoms with Crippen LogP contribution in [0.5, 0.6) is 0 Å². The molecule has 26 heavy (non-hydrogen) atoms. The topological polar surface area (TPSA) is 55.7 Å². The Balaban J connectivity index is 2.04. The van der Waals surface area contributed by atoms with Crippen molar-refractivity contribution in [2.45, 2.75) is 11.1 Å². The van der Waals surface area contributed by atoms with Crippen LogP contribution in [0.3, 0.4) is 0 Å². The van der Waals surface area contributed by atoms with Crippen LogP contribution in [0.4, 0.5) is 13.2 Å². The van der Waals surface area contributed by atoms with Crippen LogP contribution in [-0.4, -0.2) is 20.3 Å². The summed E-state index contributed by atoms with van der Waals surface area (Å²) in [4.78, 5) is -0.256. The summed E-state index contributed by atoms with van der Waals surface area (Å²) < 4.78 is 68.9. The van der Waals surface area contributed by atoms with E-state index in [1.807, 2.05) is 0 Å². The molecule has 0 aromatic heterocycles. The average Bonchev–Trinajstić information content (AvgIpc) is 2.61. The number of nitrogens with zero attached hydrogens (tertiary/aromatic N) is 1. The highest BCUT2D eigenvalue weighted by molar-refractivity contribution is 7.87. The number of alkyl halides is 3. The highest BCUT2D eigenvalue weighted by atomic mass is 32.2. The summed E-state index contributed by atoms with van der Waals surface area (Å²) in [6.07, 6.45) is -4.88. The van der Waals surface area contributed by atoms with E-state index in [-0.39, 0.29) is 10.5 Å². The van der Waals surface area contributed by atoms with Gasteiger partial charge in [0.2, 0.25) is 0 Å². The molecular formula is C18H12F3NO3S. The van der Waals surface area contributed by atoms with Gasteiger partial charge in [0.15, 0.2) is 5.71 Å². The van der Waals surface area contributed by atoms with Crippen LogP contribution in [-0.2, 0) is 14.4 Å². The Bertz CT molecular complexity index is 1060. The van der Waals surface area contributed by atoms with E-state index in [1.54, 1.807) is 24.3 Å². The smallest absolute Gasteiger partial charge is 0.264 e. The van der Waals surface area contributed by atoms with Gasteiger partial charge in [-0.05, 0) is 11.5 Å². The van der Waals surface area contributed by atoms with E-state index in [2.05, 4.69) is 9.44 Å². The molecule has 0 radical (unpaired) electrons. The average molecular weight is 379 g/mol. The van der Waals surface area contributed by atoms with E-state index in [4.69, 9.17) is 0 Å². The highest BCUT2D eigenvalue weighted by Crippen LogP contribution is 2.27. The first-order valence-corrected chi connectivity index (χ1v) is 8.82. The normalized spacial score (nSPS) is 13.0.